The van der Waals surface area contributed by atoms with Crippen molar-refractivity contribution in [3.8, 4) is 0 Å². The van der Waals surface area contributed by atoms with Gasteiger partial charge in [0.1, 0.15) is 24.7 Å². The van der Waals surface area contributed by atoms with Crippen molar-refractivity contribution in [2.24, 2.45) is 0 Å². The van der Waals surface area contributed by atoms with E-state index in [-0.39, 0.29) is 12.8 Å². The molecule has 0 saturated heterocycles. The minimum Gasteiger partial charge on any atom is -0.481 e. The highest BCUT2D eigenvalue weighted by Crippen LogP contribution is 2.05. The molecule has 52 heavy (non-hydrogen) atoms. The van der Waals surface area contributed by atoms with Crippen LogP contribution in [0.3, 0.4) is 0 Å². The second-order valence-corrected chi connectivity index (χ2v) is 11.1. The Morgan fingerprint density at radius 3 is 1.37 bits per heavy atom. The monoisotopic (exact) mass is 742 g/mol. The first-order valence-corrected chi connectivity index (χ1v) is 15.6. The second kappa shape index (κ2) is 22.0. The van der Waals surface area contributed by atoms with E-state index in [1.54, 1.807) is 0 Å². The molecule has 0 aliphatic carbocycles. The molecule has 0 saturated carbocycles. The summed E-state index contributed by atoms with van der Waals surface area (Å²) in [5, 5.41) is 52.9. The fourth-order valence-electron chi connectivity index (χ4n) is 4.44. The third-order valence-corrected chi connectivity index (χ3v) is 7.34. The number of likely N-dealkylation sites (N-methyl/N-ethyl adjacent to an activating group) is 2. The molecule has 5 atom stereocenters. The number of nitrogens with zero attached hydrogens (tertiary/aromatic N) is 1. The van der Waals surface area contributed by atoms with Crippen LogP contribution in [0.25, 0.3) is 0 Å². The van der Waals surface area contributed by atoms with Crippen molar-refractivity contribution in [1.82, 2.24) is 42.1 Å². The summed E-state index contributed by atoms with van der Waals surface area (Å²) in [5.41, 5.74) is 0. The van der Waals surface area contributed by atoms with E-state index in [1.165, 1.54) is 14.1 Å². The van der Waals surface area contributed by atoms with Gasteiger partial charge in [0.2, 0.25) is 29.5 Å². The number of aliphatic carboxylic acids is 4. The van der Waals surface area contributed by atoms with E-state index in [9.17, 15) is 63.0 Å². The average molecular weight is 743 g/mol. The number of carbonyl (C=O) groups is 11. The summed E-state index contributed by atoms with van der Waals surface area (Å²) in [6.45, 7) is -2.24. The van der Waals surface area contributed by atoms with E-state index in [0.717, 1.165) is 12.2 Å². The molecule has 0 spiro atoms. The zero-order valence-electron chi connectivity index (χ0n) is 28.1. The van der Waals surface area contributed by atoms with Gasteiger partial charge in [-0.2, -0.15) is 0 Å². The third kappa shape index (κ3) is 15.7. The molecule has 1 rings (SSSR count). The van der Waals surface area contributed by atoms with Crippen LogP contribution in [0.4, 0.5) is 0 Å². The van der Waals surface area contributed by atoms with Crippen LogP contribution in [0.5, 0.6) is 0 Å². The highest BCUT2D eigenvalue weighted by Gasteiger charge is 2.32. The first-order chi connectivity index (χ1) is 24.4. The van der Waals surface area contributed by atoms with Crippen molar-refractivity contribution in [2.75, 3.05) is 33.7 Å². The topological polar surface area (TPSA) is 356 Å². The maximum Gasteiger partial charge on any atom is 0.328 e. The Bertz CT molecular complexity index is 1420. The molecular weight excluding hydrogens is 700 g/mol. The predicted molar refractivity (Wildman–Crippen MR) is 172 cm³/mol. The van der Waals surface area contributed by atoms with Crippen LogP contribution >= 0.6 is 0 Å². The summed E-state index contributed by atoms with van der Waals surface area (Å²) in [6.07, 6.45) is -0.702. The second-order valence-electron chi connectivity index (χ2n) is 11.1. The number of nitrogens with one attached hydrogen (secondary N) is 7. The molecule has 23 heteroatoms. The lowest BCUT2D eigenvalue weighted by Crippen LogP contribution is -2.60. The number of imide groups is 1. The Kier molecular flexibility index (Phi) is 18.6. The molecule has 7 amide bonds. The van der Waals surface area contributed by atoms with Gasteiger partial charge in [0, 0.05) is 44.5 Å². The lowest BCUT2D eigenvalue weighted by Gasteiger charge is -2.26. The molecule has 1 heterocycles. The van der Waals surface area contributed by atoms with E-state index < -0.39 is 141 Å². The van der Waals surface area contributed by atoms with Gasteiger partial charge in [-0.05, 0) is 33.4 Å². The van der Waals surface area contributed by atoms with Gasteiger partial charge >= 0.3 is 23.9 Å². The highest BCUT2D eigenvalue weighted by molar-refractivity contribution is 6.14. The molecule has 0 aromatic carbocycles. The van der Waals surface area contributed by atoms with Gasteiger partial charge < -0.3 is 57.6 Å². The normalized spacial score (nSPS) is 15.0. The molecule has 1 aliphatic heterocycles. The van der Waals surface area contributed by atoms with E-state index in [1.807, 2.05) is 0 Å². The Morgan fingerprint density at radius 2 is 0.942 bits per heavy atom. The molecule has 288 valence electrons. The van der Waals surface area contributed by atoms with Gasteiger partial charge in [0.15, 0.2) is 0 Å². The number of hydrogen-bond donors (Lipinski definition) is 11. The van der Waals surface area contributed by atoms with Crippen molar-refractivity contribution in [2.45, 2.75) is 68.7 Å². The zero-order chi connectivity index (χ0) is 39.5. The van der Waals surface area contributed by atoms with Crippen molar-refractivity contribution >= 4 is 65.2 Å². The predicted octanol–water partition coefficient (Wildman–Crippen LogP) is -5.55. The maximum atomic E-state index is 13.4. The summed E-state index contributed by atoms with van der Waals surface area (Å²) < 4.78 is 0. The van der Waals surface area contributed by atoms with Crippen LogP contribution in [0.1, 0.15) is 38.5 Å². The van der Waals surface area contributed by atoms with Gasteiger partial charge in [-0.25, -0.2) is 4.79 Å². The quantitative estimate of drug-likeness (QED) is 0.0388. The number of hydrogen-bond acceptors (Lipinski definition) is 13. The summed E-state index contributed by atoms with van der Waals surface area (Å²) in [6, 6.07) is -7.43. The van der Waals surface area contributed by atoms with Gasteiger partial charge in [-0.3, -0.25) is 52.8 Å². The van der Waals surface area contributed by atoms with Crippen molar-refractivity contribution in [1.29, 1.82) is 0 Å². The Morgan fingerprint density at radius 1 is 0.558 bits per heavy atom. The fraction of sp³-hybridized carbons (Fsp3) is 0.552. The molecule has 23 nitrogen and oxygen atoms in total. The fourth-order valence-corrected chi connectivity index (χ4v) is 4.44. The molecule has 11 N–H and O–H groups in total. The molecule has 0 bridgehead atoms. The standard InChI is InChI=1S/C29H42N8O15/c1-30-14(3-8-22(41)42)26(48)35-17(11-32-19(38)13-37-20(39)6-7-21(37)40)28(50)34-16(5-10-24(45)46)25(47)33-12-18(29(51)52)36-27(49)15(31-2)4-9-23(43)44/h6-7,14-18,30-31H,3-5,8-13H2,1-2H3,(H,32,38)(H,33,47)(H,34,50)(H,35,48)(H,36,49)(H,41,42)(H,43,44)(H,45,46)(H,51,52)/t14-,15-,16?,17?,18?/m0/s1. The lowest BCUT2D eigenvalue weighted by atomic mass is 10.1. The minimum absolute atomic E-state index is 0.196. The minimum atomic E-state index is -1.76. The van der Waals surface area contributed by atoms with E-state index in [4.69, 9.17) is 10.2 Å². The number of carboxylic acids is 4. The third-order valence-electron chi connectivity index (χ3n) is 7.34. The van der Waals surface area contributed by atoms with Crippen LogP contribution < -0.4 is 37.2 Å². The smallest absolute Gasteiger partial charge is 0.328 e. The molecule has 3 unspecified atom stereocenters. The van der Waals surface area contributed by atoms with Crippen LogP contribution in [-0.4, -0.2) is 154 Å². The van der Waals surface area contributed by atoms with Crippen LogP contribution in [0, 0.1) is 0 Å². The number of carboxylic acid groups (broad SMARTS) is 4. The zero-order valence-corrected chi connectivity index (χ0v) is 28.1. The largest absolute Gasteiger partial charge is 0.481 e. The average Bonchev–Trinajstić information content (AvgIpc) is 3.38. The summed E-state index contributed by atoms with van der Waals surface area (Å²) in [5.74, 6) is -12.1. The van der Waals surface area contributed by atoms with Crippen LogP contribution in [0.15, 0.2) is 12.2 Å². The highest BCUT2D eigenvalue weighted by atomic mass is 16.4. The van der Waals surface area contributed by atoms with Crippen molar-refractivity contribution in [3.63, 3.8) is 0 Å². The van der Waals surface area contributed by atoms with Gasteiger partial charge in [-0.15, -0.1) is 0 Å². The van der Waals surface area contributed by atoms with Crippen molar-refractivity contribution < 1.29 is 73.2 Å². The lowest BCUT2D eigenvalue weighted by molar-refractivity contribution is -0.143. The van der Waals surface area contributed by atoms with Gasteiger partial charge in [0.25, 0.3) is 11.8 Å². The van der Waals surface area contributed by atoms with Gasteiger partial charge in [-0.1, -0.05) is 0 Å². The molecule has 0 radical (unpaired) electrons. The Labute approximate surface area is 295 Å². The van der Waals surface area contributed by atoms with E-state index >= 15 is 0 Å². The molecule has 0 fully saturated rings. The number of carbonyl (C=O) groups excluding carboxylic acids is 7. The van der Waals surface area contributed by atoms with Gasteiger partial charge in [0.05, 0.1) is 12.1 Å². The Balaban J connectivity index is 3.17. The number of amides is 7. The molecule has 1 aliphatic rings. The summed E-state index contributed by atoms with van der Waals surface area (Å²) in [4.78, 5) is 134. The molecular formula is C29H42N8O15. The summed E-state index contributed by atoms with van der Waals surface area (Å²) >= 11 is 0. The van der Waals surface area contributed by atoms with E-state index in [2.05, 4.69) is 37.2 Å². The first-order valence-electron chi connectivity index (χ1n) is 15.6. The van der Waals surface area contributed by atoms with Crippen molar-refractivity contribution in [3.05, 3.63) is 12.2 Å². The van der Waals surface area contributed by atoms with E-state index in [0.29, 0.717) is 4.90 Å². The van der Waals surface area contributed by atoms with Crippen LogP contribution in [-0.2, 0) is 52.7 Å². The SMILES string of the molecule is CN[C@@H](CCC(=O)O)C(=O)NC(CNC(=O)C(CCC(=O)O)NC(=O)C(CNC(=O)CN1C(=O)C=CC1=O)NC(=O)[C@H](CCC(=O)O)NC)C(=O)O. The molecule has 0 aromatic rings. The molecule has 0 aromatic heterocycles. The van der Waals surface area contributed by atoms with Crippen LogP contribution in [0.2, 0.25) is 0 Å². The summed E-state index contributed by atoms with van der Waals surface area (Å²) in [7, 11) is 2.66. The Hall–Kier alpha value is -5.97. The first kappa shape index (κ1) is 44.1. The maximum absolute atomic E-state index is 13.4. The number of rotatable bonds is 25.